The van der Waals surface area contributed by atoms with Crippen molar-refractivity contribution in [2.75, 3.05) is 25.6 Å². The largest absolute Gasteiger partial charge is 0.496 e. The van der Waals surface area contributed by atoms with Crippen molar-refractivity contribution < 1.29 is 19.1 Å². The zero-order valence-electron chi connectivity index (χ0n) is 18.8. The Morgan fingerprint density at radius 2 is 1.85 bits per heavy atom. The number of carbonyl (C=O) groups is 2. The van der Waals surface area contributed by atoms with Gasteiger partial charge in [0.2, 0.25) is 5.91 Å². The molecule has 0 aliphatic rings. The minimum Gasteiger partial charge on any atom is -0.496 e. The van der Waals surface area contributed by atoms with E-state index in [0.29, 0.717) is 41.6 Å². The van der Waals surface area contributed by atoms with Gasteiger partial charge in [0, 0.05) is 25.8 Å². The lowest BCUT2D eigenvalue weighted by atomic mass is 10.1. The van der Waals surface area contributed by atoms with Gasteiger partial charge in [0.25, 0.3) is 5.91 Å². The molecule has 1 aromatic heterocycles. The van der Waals surface area contributed by atoms with E-state index in [-0.39, 0.29) is 11.8 Å². The van der Waals surface area contributed by atoms with E-state index in [1.807, 2.05) is 66.1 Å². The van der Waals surface area contributed by atoms with Gasteiger partial charge in [-0.25, -0.2) is 0 Å². The third-order valence-corrected chi connectivity index (χ3v) is 6.20. The highest BCUT2D eigenvalue weighted by Crippen LogP contribution is 2.27. The van der Waals surface area contributed by atoms with Crippen molar-refractivity contribution in [2.24, 2.45) is 4.99 Å². The monoisotopic (exact) mass is 463 g/mol. The first-order chi connectivity index (χ1) is 16.0. The number of nitrogens with zero attached hydrogens (tertiary/aromatic N) is 2. The second kappa shape index (κ2) is 9.97. The predicted molar refractivity (Wildman–Crippen MR) is 131 cm³/mol. The van der Waals surface area contributed by atoms with Gasteiger partial charge in [-0.2, -0.15) is 4.99 Å². The number of fused-ring (bicyclic) bond motifs is 2. The Morgan fingerprint density at radius 1 is 1.09 bits per heavy atom. The molecule has 2 amide bonds. The van der Waals surface area contributed by atoms with Crippen LogP contribution in [0.25, 0.3) is 21.0 Å². The summed E-state index contributed by atoms with van der Waals surface area (Å²) in [5.41, 5.74) is 2.03. The molecule has 3 aromatic carbocycles. The number of anilines is 1. The quantitative estimate of drug-likeness (QED) is 0.406. The number of amides is 2. The third kappa shape index (κ3) is 4.97. The first-order valence-corrected chi connectivity index (χ1v) is 11.5. The number of hydrogen-bond acceptors (Lipinski definition) is 5. The van der Waals surface area contributed by atoms with E-state index in [4.69, 9.17) is 9.47 Å². The number of carbonyl (C=O) groups excluding carboxylic acids is 2. The van der Waals surface area contributed by atoms with Crippen LogP contribution in [0.1, 0.15) is 24.2 Å². The fraction of sp³-hybridized carbons (Fsp3) is 0.240. The van der Waals surface area contributed by atoms with Crippen molar-refractivity contribution >= 4 is 49.8 Å². The lowest BCUT2D eigenvalue weighted by Gasteiger charge is -2.08. The molecule has 0 spiro atoms. The van der Waals surface area contributed by atoms with Crippen LogP contribution in [0, 0.1) is 0 Å². The first-order valence-electron chi connectivity index (χ1n) is 10.6. The molecular weight excluding hydrogens is 438 g/mol. The maximum absolute atomic E-state index is 13.3. The average molecular weight is 464 g/mol. The van der Waals surface area contributed by atoms with Crippen LogP contribution >= 0.6 is 11.3 Å². The molecule has 1 N–H and O–H groups in total. The van der Waals surface area contributed by atoms with E-state index < -0.39 is 0 Å². The van der Waals surface area contributed by atoms with Gasteiger partial charge in [0.1, 0.15) is 5.75 Å². The number of nitrogens with one attached hydrogen (secondary N) is 1. The number of thiazole rings is 1. The summed E-state index contributed by atoms with van der Waals surface area (Å²) in [6, 6.07) is 17.1. The SMILES string of the molecule is CCOCCn1c(=NC(=O)c2cc3ccccc3cc2OC)sc2cc(NC(C)=O)ccc21. The Hall–Kier alpha value is -3.49. The van der Waals surface area contributed by atoms with Crippen LogP contribution in [0.4, 0.5) is 5.69 Å². The molecule has 0 atom stereocenters. The van der Waals surface area contributed by atoms with E-state index in [1.54, 1.807) is 7.11 Å². The van der Waals surface area contributed by atoms with Crippen molar-refractivity contribution in [1.82, 2.24) is 4.57 Å². The summed E-state index contributed by atoms with van der Waals surface area (Å²) in [4.78, 5) is 29.7. The van der Waals surface area contributed by atoms with Gasteiger partial charge in [0.05, 0.1) is 29.5 Å². The number of ether oxygens (including phenoxy) is 2. The molecule has 0 aliphatic carbocycles. The van der Waals surface area contributed by atoms with Crippen LogP contribution in [0.15, 0.2) is 59.6 Å². The van der Waals surface area contributed by atoms with E-state index in [2.05, 4.69) is 10.3 Å². The molecule has 4 rings (SSSR count). The molecule has 1 heterocycles. The molecule has 0 saturated heterocycles. The van der Waals surface area contributed by atoms with Gasteiger partial charge in [-0.1, -0.05) is 35.6 Å². The van der Waals surface area contributed by atoms with Gasteiger partial charge >= 0.3 is 0 Å². The zero-order chi connectivity index (χ0) is 23.4. The maximum atomic E-state index is 13.3. The molecule has 0 saturated carbocycles. The van der Waals surface area contributed by atoms with Crippen molar-refractivity contribution in [3.63, 3.8) is 0 Å². The highest BCUT2D eigenvalue weighted by Gasteiger charge is 2.15. The molecule has 4 aromatic rings. The molecule has 0 aliphatic heterocycles. The summed E-state index contributed by atoms with van der Waals surface area (Å²) in [5, 5.41) is 4.73. The lowest BCUT2D eigenvalue weighted by molar-refractivity contribution is -0.114. The van der Waals surface area contributed by atoms with Crippen LogP contribution in [-0.2, 0) is 16.1 Å². The van der Waals surface area contributed by atoms with Gasteiger partial charge in [-0.15, -0.1) is 0 Å². The maximum Gasteiger partial charge on any atom is 0.283 e. The van der Waals surface area contributed by atoms with Gasteiger partial charge in [0.15, 0.2) is 4.80 Å². The Bertz CT molecular complexity index is 1400. The summed E-state index contributed by atoms with van der Waals surface area (Å²) in [6.45, 7) is 5.06. The summed E-state index contributed by atoms with van der Waals surface area (Å²) < 4.78 is 13.9. The molecule has 170 valence electrons. The second-order valence-electron chi connectivity index (χ2n) is 7.41. The molecule has 0 fully saturated rings. The summed E-state index contributed by atoms with van der Waals surface area (Å²) >= 11 is 1.39. The Labute approximate surface area is 195 Å². The van der Waals surface area contributed by atoms with Gasteiger partial charge in [-0.05, 0) is 48.0 Å². The zero-order valence-corrected chi connectivity index (χ0v) is 19.6. The van der Waals surface area contributed by atoms with Crippen LogP contribution in [0.2, 0.25) is 0 Å². The highest BCUT2D eigenvalue weighted by atomic mass is 32.1. The second-order valence-corrected chi connectivity index (χ2v) is 8.42. The van der Waals surface area contributed by atoms with E-state index in [9.17, 15) is 9.59 Å². The van der Waals surface area contributed by atoms with Crippen molar-refractivity contribution in [3.8, 4) is 5.75 Å². The lowest BCUT2D eigenvalue weighted by Crippen LogP contribution is -2.20. The standard InChI is InChI=1S/C25H25N3O4S/c1-4-32-12-11-28-21-10-9-19(26-16(2)29)15-23(21)33-25(28)27-24(30)20-13-17-7-5-6-8-18(17)14-22(20)31-3/h5-10,13-15H,4,11-12H2,1-3H3,(H,26,29). The summed E-state index contributed by atoms with van der Waals surface area (Å²) in [5.74, 6) is -0.0348. The molecular formula is C25H25N3O4S. The molecule has 0 bridgehead atoms. The Balaban J connectivity index is 1.82. The number of rotatable bonds is 7. The topological polar surface area (TPSA) is 81.9 Å². The molecule has 0 radical (unpaired) electrons. The van der Waals surface area contributed by atoms with Crippen LogP contribution in [0.3, 0.4) is 0 Å². The van der Waals surface area contributed by atoms with E-state index in [0.717, 1.165) is 21.0 Å². The number of hydrogen-bond donors (Lipinski definition) is 1. The summed E-state index contributed by atoms with van der Waals surface area (Å²) in [6.07, 6.45) is 0. The van der Waals surface area contributed by atoms with E-state index in [1.165, 1.54) is 18.3 Å². The van der Waals surface area contributed by atoms with Gasteiger partial charge in [-0.3, -0.25) is 9.59 Å². The van der Waals surface area contributed by atoms with Crippen LogP contribution in [-0.4, -0.2) is 36.7 Å². The molecule has 8 heteroatoms. The van der Waals surface area contributed by atoms with Crippen molar-refractivity contribution in [2.45, 2.75) is 20.4 Å². The van der Waals surface area contributed by atoms with Crippen LogP contribution < -0.4 is 14.9 Å². The Morgan fingerprint density at radius 3 is 2.55 bits per heavy atom. The number of benzene rings is 3. The van der Waals surface area contributed by atoms with E-state index >= 15 is 0 Å². The third-order valence-electron chi connectivity index (χ3n) is 5.16. The highest BCUT2D eigenvalue weighted by molar-refractivity contribution is 7.16. The number of aromatic nitrogens is 1. The fourth-order valence-corrected chi connectivity index (χ4v) is 4.75. The van der Waals surface area contributed by atoms with Crippen molar-refractivity contribution in [1.29, 1.82) is 0 Å². The van der Waals surface area contributed by atoms with Gasteiger partial charge < -0.3 is 19.4 Å². The first kappa shape index (κ1) is 22.7. The molecule has 33 heavy (non-hydrogen) atoms. The average Bonchev–Trinajstić information content (AvgIpc) is 3.14. The smallest absolute Gasteiger partial charge is 0.283 e. The predicted octanol–water partition coefficient (Wildman–Crippen LogP) is 4.60. The minimum absolute atomic E-state index is 0.140. The fourth-order valence-electron chi connectivity index (χ4n) is 3.66. The molecule has 7 nitrogen and oxygen atoms in total. The van der Waals surface area contributed by atoms with Crippen LogP contribution in [0.5, 0.6) is 5.75 Å². The number of methoxy groups -OCH3 is 1. The minimum atomic E-state index is -0.378. The molecule has 0 unspecified atom stereocenters. The Kier molecular flexibility index (Phi) is 6.86. The summed E-state index contributed by atoms with van der Waals surface area (Å²) in [7, 11) is 1.55. The van der Waals surface area contributed by atoms with Crippen molar-refractivity contribution in [3.05, 3.63) is 65.0 Å². The normalized spacial score (nSPS) is 11.8.